The van der Waals surface area contributed by atoms with Gasteiger partial charge in [-0.1, -0.05) is 24.3 Å². The van der Waals surface area contributed by atoms with Crippen LogP contribution in [0, 0.1) is 6.92 Å². The van der Waals surface area contributed by atoms with Gasteiger partial charge in [0.15, 0.2) is 0 Å². The quantitative estimate of drug-likeness (QED) is 0.615. The molecule has 0 saturated carbocycles. The van der Waals surface area contributed by atoms with Crippen LogP contribution in [0.25, 0.3) is 0 Å². The van der Waals surface area contributed by atoms with Gasteiger partial charge in [-0.05, 0) is 38.3 Å². The Kier molecular flexibility index (Phi) is 4.25. The van der Waals surface area contributed by atoms with Gasteiger partial charge < -0.3 is 9.64 Å². The second-order valence-electron chi connectivity index (χ2n) is 4.98. The fourth-order valence-electron chi connectivity index (χ4n) is 2.50. The first-order chi connectivity index (χ1) is 9.11. The average molecular weight is 259 g/mol. The van der Waals surface area contributed by atoms with Crippen LogP contribution in [-0.4, -0.2) is 25.7 Å². The number of fused-ring (bicyclic) bond motifs is 1. The van der Waals surface area contributed by atoms with E-state index >= 15 is 0 Å². The number of hydrogen-bond acceptors (Lipinski definition) is 3. The highest BCUT2D eigenvalue weighted by Crippen LogP contribution is 2.28. The summed E-state index contributed by atoms with van der Waals surface area (Å²) in [6.45, 7) is 9.67. The van der Waals surface area contributed by atoms with Gasteiger partial charge in [-0.2, -0.15) is 0 Å². The average Bonchev–Trinajstić information content (AvgIpc) is 2.38. The molecule has 1 aliphatic rings. The van der Waals surface area contributed by atoms with Crippen LogP contribution in [0.15, 0.2) is 30.4 Å². The van der Waals surface area contributed by atoms with Gasteiger partial charge in [-0.25, -0.2) is 4.79 Å². The number of ether oxygens (including phenoxy) is 1. The van der Waals surface area contributed by atoms with Crippen LogP contribution in [0.1, 0.15) is 24.5 Å². The van der Waals surface area contributed by atoms with Crippen molar-refractivity contribution < 1.29 is 9.53 Å². The Balaban J connectivity index is 2.11. The van der Waals surface area contributed by atoms with Crippen molar-refractivity contribution in [3.8, 4) is 0 Å². The molecule has 1 aliphatic heterocycles. The van der Waals surface area contributed by atoms with E-state index in [2.05, 4.69) is 36.6 Å². The summed E-state index contributed by atoms with van der Waals surface area (Å²) < 4.78 is 4.99. The summed E-state index contributed by atoms with van der Waals surface area (Å²) in [5.74, 6) is -0.290. The van der Waals surface area contributed by atoms with Crippen LogP contribution in [-0.2, 0) is 16.0 Å². The molecule has 102 valence electrons. The number of aryl methyl sites for hydroxylation is 2. The Morgan fingerprint density at radius 1 is 1.47 bits per heavy atom. The van der Waals surface area contributed by atoms with Gasteiger partial charge >= 0.3 is 5.97 Å². The molecule has 3 heteroatoms. The first kappa shape index (κ1) is 13.7. The zero-order valence-electron chi connectivity index (χ0n) is 11.7. The number of carbonyl (C=O) groups is 1. The molecule has 1 aromatic carbocycles. The highest BCUT2D eigenvalue weighted by Gasteiger charge is 2.19. The smallest absolute Gasteiger partial charge is 0.335 e. The molecule has 0 N–H and O–H groups in total. The van der Waals surface area contributed by atoms with E-state index in [9.17, 15) is 4.79 Å². The van der Waals surface area contributed by atoms with Crippen LogP contribution in [0.4, 0.5) is 5.69 Å². The first-order valence-corrected chi connectivity index (χ1v) is 6.81. The molecule has 0 spiro atoms. The summed E-state index contributed by atoms with van der Waals surface area (Å²) in [5, 5.41) is 0. The normalized spacial score (nSPS) is 13.9. The Hall–Kier alpha value is -1.77. The third-order valence-electron chi connectivity index (χ3n) is 3.40. The maximum Gasteiger partial charge on any atom is 0.335 e. The fraction of sp³-hybridized carbons (Fsp3) is 0.438. The van der Waals surface area contributed by atoms with Crippen molar-refractivity contribution in [1.29, 1.82) is 0 Å². The van der Waals surface area contributed by atoms with E-state index in [-0.39, 0.29) is 5.97 Å². The van der Waals surface area contributed by atoms with Crippen molar-refractivity contribution in [2.75, 3.05) is 24.6 Å². The molecule has 19 heavy (non-hydrogen) atoms. The third kappa shape index (κ3) is 3.16. The molecule has 0 bridgehead atoms. The Bertz CT molecular complexity index is 494. The van der Waals surface area contributed by atoms with E-state index in [4.69, 9.17) is 4.74 Å². The molecule has 0 saturated heterocycles. The minimum atomic E-state index is -0.290. The zero-order valence-corrected chi connectivity index (χ0v) is 11.7. The van der Waals surface area contributed by atoms with Crippen LogP contribution in [0.2, 0.25) is 0 Å². The van der Waals surface area contributed by atoms with E-state index < -0.39 is 0 Å². The van der Waals surface area contributed by atoms with E-state index in [0.717, 1.165) is 19.4 Å². The van der Waals surface area contributed by atoms with Crippen molar-refractivity contribution in [2.45, 2.75) is 26.7 Å². The Labute approximate surface area is 114 Å². The van der Waals surface area contributed by atoms with Crippen LogP contribution in [0.3, 0.4) is 0 Å². The number of carbonyl (C=O) groups excluding carboxylic acids is 1. The molecule has 1 aromatic rings. The molecule has 0 atom stereocenters. The lowest BCUT2D eigenvalue weighted by Crippen LogP contribution is -2.33. The van der Waals surface area contributed by atoms with Gasteiger partial charge in [-0.15, -0.1) is 0 Å². The molecule has 0 radical (unpaired) electrons. The molecule has 3 nitrogen and oxygen atoms in total. The molecule has 0 aliphatic carbocycles. The minimum absolute atomic E-state index is 0.290. The molecule has 1 heterocycles. The van der Waals surface area contributed by atoms with Crippen LogP contribution >= 0.6 is 0 Å². The maximum atomic E-state index is 11.6. The molecular weight excluding hydrogens is 238 g/mol. The molecule has 0 aromatic heterocycles. The van der Waals surface area contributed by atoms with E-state index in [1.165, 1.54) is 16.8 Å². The highest BCUT2D eigenvalue weighted by molar-refractivity contribution is 5.89. The molecule has 0 unspecified atom stereocenters. The molecule has 2 rings (SSSR count). The number of anilines is 1. The lowest BCUT2D eigenvalue weighted by molar-refractivity contribution is -0.138. The summed E-state index contributed by atoms with van der Waals surface area (Å²) in [7, 11) is 0. The number of benzene rings is 1. The number of esters is 1. The Morgan fingerprint density at radius 2 is 2.26 bits per heavy atom. The summed E-state index contributed by atoms with van der Waals surface area (Å²) in [6, 6.07) is 6.49. The summed E-state index contributed by atoms with van der Waals surface area (Å²) in [6.07, 6.45) is 2.23. The minimum Gasteiger partial charge on any atom is -0.463 e. The fourth-order valence-corrected chi connectivity index (χ4v) is 2.50. The van der Waals surface area contributed by atoms with Gasteiger partial charge in [0.2, 0.25) is 0 Å². The molecule has 0 fully saturated rings. The van der Waals surface area contributed by atoms with Gasteiger partial charge in [0.25, 0.3) is 0 Å². The second kappa shape index (κ2) is 5.91. The predicted octanol–water partition coefficient (Wildman–Crippen LogP) is 2.87. The zero-order chi connectivity index (χ0) is 13.8. The van der Waals surface area contributed by atoms with Gasteiger partial charge in [0.1, 0.15) is 0 Å². The van der Waals surface area contributed by atoms with Crippen molar-refractivity contribution in [1.82, 2.24) is 0 Å². The predicted molar refractivity (Wildman–Crippen MR) is 77.5 cm³/mol. The number of nitrogens with zero attached hydrogens (tertiary/aromatic N) is 1. The second-order valence-corrected chi connectivity index (χ2v) is 4.98. The lowest BCUT2D eigenvalue weighted by atomic mass is 9.99. The van der Waals surface area contributed by atoms with E-state index in [1.54, 1.807) is 0 Å². The third-order valence-corrected chi connectivity index (χ3v) is 3.40. The van der Waals surface area contributed by atoms with Crippen LogP contribution < -0.4 is 4.90 Å². The van der Waals surface area contributed by atoms with Crippen molar-refractivity contribution in [3.05, 3.63) is 41.5 Å². The molecular formula is C16H21NO2. The largest absolute Gasteiger partial charge is 0.463 e. The molecule has 0 amide bonds. The Morgan fingerprint density at radius 3 is 3.00 bits per heavy atom. The maximum absolute atomic E-state index is 11.6. The standard InChI is InChI=1S/C16H21NO2/c1-4-19-16(18)13(3)11-17-9-5-6-14-10-12(2)7-8-15(14)17/h7-8,10H,3-6,9,11H2,1-2H3. The summed E-state index contributed by atoms with van der Waals surface area (Å²) >= 11 is 0. The van der Waals surface area contributed by atoms with Crippen molar-refractivity contribution in [2.24, 2.45) is 0 Å². The van der Waals surface area contributed by atoms with E-state index in [1.807, 2.05) is 6.92 Å². The van der Waals surface area contributed by atoms with Crippen LogP contribution in [0.5, 0.6) is 0 Å². The van der Waals surface area contributed by atoms with Gasteiger partial charge in [0, 0.05) is 24.4 Å². The number of hydrogen-bond donors (Lipinski definition) is 0. The SMILES string of the molecule is C=C(CN1CCCc2cc(C)ccc21)C(=O)OCC. The first-order valence-electron chi connectivity index (χ1n) is 6.81. The highest BCUT2D eigenvalue weighted by atomic mass is 16.5. The van der Waals surface area contributed by atoms with Crippen molar-refractivity contribution in [3.63, 3.8) is 0 Å². The lowest BCUT2D eigenvalue weighted by Gasteiger charge is -2.31. The topological polar surface area (TPSA) is 29.5 Å². The van der Waals surface area contributed by atoms with Crippen molar-refractivity contribution >= 4 is 11.7 Å². The van der Waals surface area contributed by atoms with E-state index in [0.29, 0.717) is 18.7 Å². The summed E-state index contributed by atoms with van der Waals surface area (Å²) in [4.78, 5) is 13.9. The number of rotatable bonds is 4. The summed E-state index contributed by atoms with van der Waals surface area (Å²) in [5.41, 5.74) is 4.39. The van der Waals surface area contributed by atoms with Gasteiger partial charge in [-0.3, -0.25) is 0 Å². The monoisotopic (exact) mass is 259 g/mol. The van der Waals surface area contributed by atoms with Gasteiger partial charge in [0.05, 0.1) is 6.61 Å².